The van der Waals surface area contributed by atoms with Gasteiger partial charge in [-0.05, 0) is 49.9 Å². The zero-order valence-electron chi connectivity index (χ0n) is 14.7. The molecule has 1 heterocycles. The minimum Gasteiger partial charge on any atom is -0.343 e. The van der Waals surface area contributed by atoms with Gasteiger partial charge in [0.25, 0.3) is 0 Å². The lowest BCUT2D eigenvalue weighted by molar-refractivity contribution is -0.122. The molecule has 134 valence electrons. The molecule has 0 saturated carbocycles. The van der Waals surface area contributed by atoms with E-state index >= 15 is 0 Å². The van der Waals surface area contributed by atoms with Crippen LogP contribution in [0, 0.1) is 5.92 Å². The highest BCUT2D eigenvalue weighted by Crippen LogP contribution is 2.29. The van der Waals surface area contributed by atoms with Gasteiger partial charge in [-0.2, -0.15) is 0 Å². The van der Waals surface area contributed by atoms with Crippen LogP contribution in [0.3, 0.4) is 0 Å². The monoisotopic (exact) mass is 358 g/mol. The summed E-state index contributed by atoms with van der Waals surface area (Å²) in [6.45, 7) is 4.21. The summed E-state index contributed by atoms with van der Waals surface area (Å²) in [5, 5.41) is 6.65. The van der Waals surface area contributed by atoms with Crippen LogP contribution in [0.5, 0.6) is 0 Å². The highest BCUT2D eigenvalue weighted by atomic mass is 35.5. The van der Waals surface area contributed by atoms with Gasteiger partial charge in [0, 0.05) is 6.42 Å². The fourth-order valence-corrected chi connectivity index (χ4v) is 3.49. The molecule has 2 aromatic rings. The largest absolute Gasteiger partial charge is 0.343 e. The molecule has 0 spiro atoms. The Morgan fingerprint density at radius 2 is 1.64 bits per heavy atom. The normalized spacial score (nSPS) is 16.9. The van der Waals surface area contributed by atoms with Crippen molar-refractivity contribution in [3.05, 3.63) is 71.8 Å². The molecule has 1 atom stereocenters. The van der Waals surface area contributed by atoms with E-state index in [1.165, 1.54) is 6.42 Å². The molecule has 0 aliphatic carbocycles. The average molecular weight is 359 g/mol. The Labute approximate surface area is 156 Å². The highest BCUT2D eigenvalue weighted by Gasteiger charge is 2.30. The van der Waals surface area contributed by atoms with E-state index in [-0.39, 0.29) is 18.3 Å². The van der Waals surface area contributed by atoms with Gasteiger partial charge in [0.05, 0.1) is 5.54 Å². The summed E-state index contributed by atoms with van der Waals surface area (Å²) < 4.78 is 0. The van der Waals surface area contributed by atoms with Crippen molar-refractivity contribution < 1.29 is 4.79 Å². The molecule has 1 aliphatic heterocycles. The molecule has 0 bridgehead atoms. The summed E-state index contributed by atoms with van der Waals surface area (Å²) in [6.07, 6.45) is 2.72. The van der Waals surface area contributed by atoms with Gasteiger partial charge in [0.1, 0.15) is 0 Å². The van der Waals surface area contributed by atoms with Crippen LogP contribution in [0.2, 0.25) is 0 Å². The van der Waals surface area contributed by atoms with Gasteiger partial charge in [-0.25, -0.2) is 0 Å². The van der Waals surface area contributed by atoms with E-state index in [0.717, 1.165) is 30.6 Å². The van der Waals surface area contributed by atoms with Crippen molar-refractivity contribution in [1.82, 2.24) is 10.6 Å². The number of amides is 1. The van der Waals surface area contributed by atoms with Crippen molar-refractivity contribution in [3.8, 4) is 0 Å². The van der Waals surface area contributed by atoms with Crippen molar-refractivity contribution in [2.24, 2.45) is 5.92 Å². The number of hydrogen-bond acceptors (Lipinski definition) is 2. The molecule has 25 heavy (non-hydrogen) atoms. The molecule has 1 aliphatic rings. The molecular weight excluding hydrogens is 332 g/mol. The number of nitrogens with one attached hydrogen (secondary N) is 2. The molecule has 1 saturated heterocycles. The molecule has 1 unspecified atom stereocenters. The van der Waals surface area contributed by atoms with Gasteiger partial charge in [-0.1, -0.05) is 60.7 Å². The summed E-state index contributed by atoms with van der Waals surface area (Å²) in [7, 11) is 0. The van der Waals surface area contributed by atoms with Crippen LogP contribution >= 0.6 is 12.4 Å². The third-order valence-electron chi connectivity index (χ3n) is 5.03. The Hall–Kier alpha value is -1.84. The maximum absolute atomic E-state index is 12.6. The van der Waals surface area contributed by atoms with E-state index in [9.17, 15) is 4.79 Å². The fourth-order valence-electron chi connectivity index (χ4n) is 3.49. The molecule has 0 aromatic heterocycles. The number of carbonyl (C=O) groups is 1. The van der Waals surface area contributed by atoms with Crippen molar-refractivity contribution in [2.45, 2.75) is 31.7 Å². The summed E-state index contributed by atoms with van der Waals surface area (Å²) in [5.74, 6) is 0.757. The maximum Gasteiger partial charge on any atom is 0.220 e. The molecule has 0 radical (unpaired) electrons. The summed E-state index contributed by atoms with van der Waals surface area (Å²) in [6, 6.07) is 20.4. The fraction of sp³-hybridized carbons (Fsp3) is 0.381. The lowest BCUT2D eigenvalue weighted by Crippen LogP contribution is -2.44. The van der Waals surface area contributed by atoms with Gasteiger partial charge in [-0.3, -0.25) is 4.79 Å². The van der Waals surface area contributed by atoms with E-state index in [1.54, 1.807) is 0 Å². The average Bonchev–Trinajstić information content (AvgIpc) is 3.15. The minimum atomic E-state index is -0.506. The topological polar surface area (TPSA) is 41.1 Å². The van der Waals surface area contributed by atoms with E-state index in [2.05, 4.69) is 41.8 Å². The summed E-state index contributed by atoms with van der Waals surface area (Å²) in [5.41, 5.74) is 1.70. The smallest absolute Gasteiger partial charge is 0.220 e. The maximum atomic E-state index is 12.6. The standard InChI is InChI=1S/C21H26N2O.ClH/c1-21(18-8-4-2-5-9-18,19-10-6-3-7-11-19)23-20(24)13-12-17-14-15-22-16-17;/h2-11,17,22H,12-16H2,1H3,(H,23,24);1H. The van der Waals surface area contributed by atoms with Gasteiger partial charge < -0.3 is 10.6 Å². The van der Waals surface area contributed by atoms with Crippen LogP contribution in [0.1, 0.15) is 37.3 Å². The number of benzene rings is 2. The molecule has 3 rings (SSSR count). The molecule has 3 nitrogen and oxygen atoms in total. The predicted molar refractivity (Wildman–Crippen MR) is 105 cm³/mol. The van der Waals surface area contributed by atoms with E-state index in [4.69, 9.17) is 0 Å². The number of hydrogen-bond donors (Lipinski definition) is 2. The first-order valence-electron chi connectivity index (χ1n) is 8.81. The van der Waals surface area contributed by atoms with Crippen molar-refractivity contribution in [1.29, 1.82) is 0 Å². The predicted octanol–water partition coefficient (Wildman–Crippen LogP) is 3.88. The minimum absolute atomic E-state index is 0. The Kier molecular flexibility index (Phi) is 7.03. The highest BCUT2D eigenvalue weighted by molar-refractivity contribution is 5.85. The SMILES string of the molecule is CC(NC(=O)CCC1CCNC1)(c1ccccc1)c1ccccc1.Cl. The summed E-state index contributed by atoms with van der Waals surface area (Å²) in [4.78, 5) is 12.6. The van der Waals surface area contributed by atoms with Crippen LogP contribution in [0.4, 0.5) is 0 Å². The van der Waals surface area contributed by atoms with Crippen LogP contribution in [-0.2, 0) is 10.3 Å². The van der Waals surface area contributed by atoms with E-state index in [0.29, 0.717) is 12.3 Å². The Balaban J connectivity index is 0.00000225. The first-order chi connectivity index (χ1) is 11.7. The van der Waals surface area contributed by atoms with Crippen LogP contribution in [-0.4, -0.2) is 19.0 Å². The van der Waals surface area contributed by atoms with E-state index < -0.39 is 5.54 Å². The van der Waals surface area contributed by atoms with Crippen LogP contribution in [0.15, 0.2) is 60.7 Å². The third kappa shape index (κ3) is 4.83. The number of carbonyl (C=O) groups excluding carboxylic acids is 1. The molecule has 4 heteroatoms. The van der Waals surface area contributed by atoms with Crippen LogP contribution < -0.4 is 10.6 Å². The van der Waals surface area contributed by atoms with Gasteiger partial charge in [-0.15, -0.1) is 12.4 Å². The van der Waals surface area contributed by atoms with Crippen molar-refractivity contribution >= 4 is 18.3 Å². The van der Waals surface area contributed by atoms with E-state index in [1.807, 2.05) is 36.4 Å². The van der Waals surface area contributed by atoms with Gasteiger partial charge in [0.2, 0.25) is 5.91 Å². The second-order valence-corrected chi connectivity index (χ2v) is 6.80. The molecule has 1 amide bonds. The molecule has 1 fully saturated rings. The Morgan fingerprint density at radius 1 is 1.08 bits per heavy atom. The lowest BCUT2D eigenvalue weighted by atomic mass is 9.84. The van der Waals surface area contributed by atoms with Gasteiger partial charge >= 0.3 is 0 Å². The number of rotatable bonds is 6. The first-order valence-corrected chi connectivity index (χ1v) is 8.81. The molecule has 2 aromatic carbocycles. The van der Waals surface area contributed by atoms with Crippen molar-refractivity contribution in [2.75, 3.05) is 13.1 Å². The van der Waals surface area contributed by atoms with Gasteiger partial charge in [0.15, 0.2) is 0 Å². The Morgan fingerprint density at radius 3 is 2.12 bits per heavy atom. The lowest BCUT2D eigenvalue weighted by Gasteiger charge is -2.32. The first kappa shape index (κ1) is 19.5. The zero-order chi connectivity index (χ0) is 16.8. The molecule has 2 N–H and O–H groups in total. The molecular formula is C21H27ClN2O. The van der Waals surface area contributed by atoms with Crippen LogP contribution in [0.25, 0.3) is 0 Å². The second-order valence-electron chi connectivity index (χ2n) is 6.80. The third-order valence-corrected chi connectivity index (χ3v) is 5.03. The Bertz CT molecular complexity index is 615. The zero-order valence-corrected chi connectivity index (χ0v) is 15.5. The number of halogens is 1. The second kappa shape index (κ2) is 9.02. The van der Waals surface area contributed by atoms with Crippen molar-refractivity contribution in [3.63, 3.8) is 0 Å². The quantitative estimate of drug-likeness (QED) is 0.822. The summed E-state index contributed by atoms with van der Waals surface area (Å²) >= 11 is 0.